The highest BCUT2D eigenvalue weighted by Crippen LogP contribution is 2.26. The maximum absolute atomic E-state index is 10.7. The van der Waals surface area contributed by atoms with Crippen LogP contribution in [0, 0.1) is 0 Å². The SMILES string of the molecule is O=C(O)CCN1CCCC(c2nc3ccccc3[nH]2)C1. The number of H-pyrrole nitrogens is 1. The van der Waals surface area contributed by atoms with E-state index >= 15 is 0 Å². The Morgan fingerprint density at radius 1 is 1.45 bits per heavy atom. The Hall–Kier alpha value is -1.88. The van der Waals surface area contributed by atoms with Crippen molar-refractivity contribution in [2.24, 2.45) is 0 Å². The van der Waals surface area contributed by atoms with E-state index in [4.69, 9.17) is 5.11 Å². The number of nitrogens with zero attached hydrogens (tertiary/aromatic N) is 2. The second-order valence-corrected chi connectivity index (χ2v) is 5.42. The third kappa shape index (κ3) is 2.82. The highest BCUT2D eigenvalue weighted by Gasteiger charge is 2.23. The van der Waals surface area contributed by atoms with Crippen LogP contribution in [0.1, 0.15) is 31.0 Å². The first-order chi connectivity index (χ1) is 9.72. The third-order valence-electron chi connectivity index (χ3n) is 3.94. The summed E-state index contributed by atoms with van der Waals surface area (Å²) in [5.74, 6) is 0.687. The van der Waals surface area contributed by atoms with Crippen LogP contribution < -0.4 is 0 Å². The molecule has 1 aromatic heterocycles. The molecule has 1 aliphatic heterocycles. The number of piperidine rings is 1. The number of carboxylic acid groups (broad SMARTS) is 1. The van der Waals surface area contributed by atoms with Crippen molar-refractivity contribution in [3.05, 3.63) is 30.1 Å². The van der Waals surface area contributed by atoms with Crippen molar-refractivity contribution in [1.29, 1.82) is 0 Å². The van der Waals surface area contributed by atoms with Crippen molar-refractivity contribution in [3.8, 4) is 0 Å². The average Bonchev–Trinajstić information content (AvgIpc) is 2.89. The van der Waals surface area contributed by atoms with Gasteiger partial charge in [-0.1, -0.05) is 12.1 Å². The van der Waals surface area contributed by atoms with Gasteiger partial charge in [-0.3, -0.25) is 4.79 Å². The summed E-state index contributed by atoms with van der Waals surface area (Å²) < 4.78 is 0. The lowest BCUT2D eigenvalue weighted by Gasteiger charge is -2.31. The first-order valence-corrected chi connectivity index (χ1v) is 7.11. The number of hydrogen-bond acceptors (Lipinski definition) is 3. The number of aromatic amines is 1. The molecule has 1 unspecified atom stereocenters. The molecule has 1 fully saturated rings. The Morgan fingerprint density at radius 2 is 2.30 bits per heavy atom. The predicted molar refractivity (Wildman–Crippen MR) is 76.8 cm³/mol. The topological polar surface area (TPSA) is 69.2 Å². The number of carbonyl (C=O) groups is 1. The third-order valence-corrected chi connectivity index (χ3v) is 3.94. The molecule has 1 aromatic carbocycles. The van der Waals surface area contributed by atoms with Crippen LogP contribution in [0.2, 0.25) is 0 Å². The normalized spacial score (nSPS) is 20.3. The summed E-state index contributed by atoms with van der Waals surface area (Å²) in [5, 5.41) is 8.78. The lowest BCUT2D eigenvalue weighted by Crippen LogP contribution is -2.36. The van der Waals surface area contributed by atoms with Gasteiger partial charge in [0.05, 0.1) is 17.5 Å². The summed E-state index contributed by atoms with van der Waals surface area (Å²) >= 11 is 0. The van der Waals surface area contributed by atoms with Crippen LogP contribution in [0.5, 0.6) is 0 Å². The van der Waals surface area contributed by atoms with E-state index in [2.05, 4.69) is 14.9 Å². The highest BCUT2D eigenvalue weighted by molar-refractivity contribution is 5.74. The van der Waals surface area contributed by atoms with Gasteiger partial charge in [0.25, 0.3) is 0 Å². The monoisotopic (exact) mass is 273 g/mol. The van der Waals surface area contributed by atoms with Crippen molar-refractivity contribution < 1.29 is 9.90 Å². The summed E-state index contributed by atoms with van der Waals surface area (Å²) in [6.45, 7) is 2.52. The molecule has 5 heteroatoms. The summed E-state index contributed by atoms with van der Waals surface area (Å²) in [4.78, 5) is 21.0. The van der Waals surface area contributed by atoms with Gasteiger partial charge in [-0.25, -0.2) is 4.98 Å². The molecule has 1 atom stereocenters. The number of carboxylic acids is 1. The number of para-hydroxylation sites is 2. The second kappa shape index (κ2) is 5.63. The first kappa shape index (κ1) is 13.1. The van der Waals surface area contributed by atoms with E-state index in [-0.39, 0.29) is 6.42 Å². The maximum atomic E-state index is 10.7. The summed E-state index contributed by atoms with van der Waals surface area (Å²) in [5.41, 5.74) is 2.08. The molecule has 0 saturated carbocycles. The number of likely N-dealkylation sites (tertiary alicyclic amines) is 1. The Kier molecular flexibility index (Phi) is 3.69. The molecule has 20 heavy (non-hydrogen) atoms. The van der Waals surface area contributed by atoms with Gasteiger partial charge in [-0.15, -0.1) is 0 Å². The average molecular weight is 273 g/mol. The van der Waals surface area contributed by atoms with Gasteiger partial charge in [0.1, 0.15) is 5.82 Å². The van der Waals surface area contributed by atoms with Crippen LogP contribution in [0.25, 0.3) is 11.0 Å². The fourth-order valence-corrected chi connectivity index (χ4v) is 2.90. The van der Waals surface area contributed by atoms with E-state index in [1.54, 1.807) is 0 Å². The highest BCUT2D eigenvalue weighted by atomic mass is 16.4. The summed E-state index contributed by atoms with van der Waals surface area (Å²) in [6, 6.07) is 8.05. The molecule has 2 aromatic rings. The first-order valence-electron chi connectivity index (χ1n) is 7.11. The predicted octanol–water partition coefficient (Wildman–Crippen LogP) is 2.22. The number of rotatable bonds is 4. The van der Waals surface area contributed by atoms with Crippen LogP contribution in [-0.4, -0.2) is 45.6 Å². The molecule has 1 saturated heterocycles. The number of hydrogen-bond donors (Lipinski definition) is 2. The molecular formula is C15H19N3O2. The zero-order valence-electron chi connectivity index (χ0n) is 11.4. The fourth-order valence-electron chi connectivity index (χ4n) is 2.90. The zero-order chi connectivity index (χ0) is 13.9. The van der Waals surface area contributed by atoms with Gasteiger partial charge < -0.3 is 15.0 Å². The Bertz CT molecular complexity index is 575. The molecule has 5 nitrogen and oxygen atoms in total. The van der Waals surface area contributed by atoms with Crippen molar-refractivity contribution in [2.45, 2.75) is 25.2 Å². The Morgan fingerprint density at radius 3 is 3.10 bits per heavy atom. The van der Waals surface area contributed by atoms with Gasteiger partial charge in [-0.05, 0) is 31.5 Å². The summed E-state index contributed by atoms with van der Waals surface area (Å²) in [6.07, 6.45) is 2.43. The van der Waals surface area contributed by atoms with Crippen molar-refractivity contribution in [3.63, 3.8) is 0 Å². The van der Waals surface area contributed by atoms with Gasteiger partial charge in [-0.2, -0.15) is 0 Å². The molecule has 0 aliphatic carbocycles. The van der Waals surface area contributed by atoms with Gasteiger partial charge in [0.15, 0.2) is 0 Å². The lowest BCUT2D eigenvalue weighted by atomic mass is 9.97. The van der Waals surface area contributed by atoms with E-state index in [1.165, 1.54) is 0 Å². The number of aliphatic carboxylic acids is 1. The summed E-state index contributed by atoms with van der Waals surface area (Å²) in [7, 11) is 0. The molecule has 106 valence electrons. The van der Waals surface area contributed by atoms with Crippen molar-refractivity contribution in [1.82, 2.24) is 14.9 Å². The van der Waals surface area contributed by atoms with Gasteiger partial charge >= 0.3 is 5.97 Å². The Balaban J connectivity index is 1.71. The minimum atomic E-state index is -0.726. The smallest absolute Gasteiger partial charge is 0.304 e. The number of aromatic nitrogens is 2. The molecule has 0 bridgehead atoms. The quantitative estimate of drug-likeness (QED) is 0.896. The van der Waals surface area contributed by atoms with Crippen LogP contribution in [0.15, 0.2) is 24.3 Å². The van der Waals surface area contributed by atoms with Crippen LogP contribution in [-0.2, 0) is 4.79 Å². The van der Waals surface area contributed by atoms with Crippen LogP contribution in [0.3, 0.4) is 0 Å². The largest absolute Gasteiger partial charge is 0.481 e. The number of benzene rings is 1. The number of fused-ring (bicyclic) bond motifs is 1. The second-order valence-electron chi connectivity index (χ2n) is 5.42. The Labute approximate surface area is 117 Å². The zero-order valence-corrected chi connectivity index (χ0v) is 11.4. The molecule has 0 amide bonds. The maximum Gasteiger partial charge on any atom is 0.304 e. The molecule has 1 aliphatic rings. The van der Waals surface area contributed by atoms with Crippen molar-refractivity contribution in [2.75, 3.05) is 19.6 Å². The standard InChI is InChI=1S/C15H19N3O2/c19-14(20)7-9-18-8-3-4-11(10-18)15-16-12-5-1-2-6-13(12)17-15/h1-2,5-6,11H,3-4,7-10H2,(H,16,17)(H,19,20). The molecular weight excluding hydrogens is 254 g/mol. The molecule has 0 radical (unpaired) electrons. The van der Waals surface area contributed by atoms with E-state index in [1.807, 2.05) is 24.3 Å². The van der Waals surface area contributed by atoms with Crippen LogP contribution >= 0.6 is 0 Å². The van der Waals surface area contributed by atoms with E-state index in [0.717, 1.165) is 42.8 Å². The van der Waals surface area contributed by atoms with Gasteiger partial charge in [0, 0.05) is 19.0 Å². The van der Waals surface area contributed by atoms with Gasteiger partial charge in [0.2, 0.25) is 0 Å². The van der Waals surface area contributed by atoms with Crippen LogP contribution in [0.4, 0.5) is 0 Å². The molecule has 0 spiro atoms. The number of imidazole rings is 1. The lowest BCUT2D eigenvalue weighted by molar-refractivity contribution is -0.137. The van der Waals surface area contributed by atoms with E-state index < -0.39 is 5.97 Å². The molecule has 2 heterocycles. The number of nitrogens with one attached hydrogen (secondary N) is 1. The molecule has 3 rings (SSSR count). The minimum absolute atomic E-state index is 0.215. The minimum Gasteiger partial charge on any atom is -0.481 e. The van der Waals surface area contributed by atoms with Crippen molar-refractivity contribution >= 4 is 17.0 Å². The fraction of sp³-hybridized carbons (Fsp3) is 0.467. The van der Waals surface area contributed by atoms with E-state index in [0.29, 0.717) is 12.5 Å². The molecule has 2 N–H and O–H groups in total. The van der Waals surface area contributed by atoms with E-state index in [9.17, 15) is 4.79 Å².